The highest BCUT2D eigenvalue weighted by molar-refractivity contribution is 5.84. The number of nitrogens with zero attached hydrogens (tertiary/aromatic N) is 1. The standard InChI is InChI=1S/C22H39NO2/c1-4-5-6-13-16-19(2)22(25)21-20(24)17-14-11-9-7-8-10-12-15-18-23(21)3/h4-6,13,19,21-22,25H,7-12,14-18H2,1-3H3/b5-4+,13-6?/t19-,21-,22?/m1/s1/i1D3. The summed E-state index contributed by atoms with van der Waals surface area (Å²) in [7, 11) is 1.95. The molecular formula is C22H39NO2. The second-order valence-electron chi connectivity index (χ2n) is 7.46. The Morgan fingerprint density at radius 3 is 2.48 bits per heavy atom. The average molecular weight is 353 g/mol. The van der Waals surface area contributed by atoms with E-state index < -0.39 is 19.0 Å². The molecule has 1 unspecified atom stereocenters. The quantitative estimate of drug-likeness (QED) is 0.715. The van der Waals surface area contributed by atoms with Crippen molar-refractivity contribution in [2.45, 2.75) is 90.1 Å². The lowest BCUT2D eigenvalue weighted by atomic mass is 9.89. The van der Waals surface area contributed by atoms with Crippen molar-refractivity contribution < 1.29 is 14.0 Å². The Kier molecular flexibility index (Phi) is 9.30. The fourth-order valence-corrected chi connectivity index (χ4v) is 3.58. The van der Waals surface area contributed by atoms with Gasteiger partial charge in [-0.2, -0.15) is 0 Å². The molecule has 0 saturated carbocycles. The van der Waals surface area contributed by atoms with Crippen molar-refractivity contribution in [2.24, 2.45) is 5.92 Å². The minimum absolute atomic E-state index is 0.0792. The van der Waals surface area contributed by atoms with Crippen molar-refractivity contribution in [3.63, 3.8) is 0 Å². The highest BCUT2D eigenvalue weighted by Gasteiger charge is 2.32. The van der Waals surface area contributed by atoms with Crippen LogP contribution in [0.1, 0.15) is 82.1 Å². The Bertz CT molecular complexity index is 503. The Morgan fingerprint density at radius 1 is 1.16 bits per heavy atom. The van der Waals surface area contributed by atoms with Gasteiger partial charge in [0, 0.05) is 10.5 Å². The average Bonchev–Trinajstić information content (AvgIpc) is 2.62. The Hall–Kier alpha value is -0.930. The third kappa shape index (κ3) is 8.82. The molecule has 0 aliphatic carbocycles. The molecule has 1 N–H and O–H groups in total. The van der Waals surface area contributed by atoms with Crippen LogP contribution in [0.25, 0.3) is 0 Å². The van der Waals surface area contributed by atoms with Crippen molar-refractivity contribution in [3.8, 4) is 0 Å². The van der Waals surface area contributed by atoms with E-state index in [4.69, 9.17) is 4.11 Å². The normalized spacial score (nSPS) is 27.7. The Balaban J connectivity index is 2.70. The van der Waals surface area contributed by atoms with Crippen molar-refractivity contribution in [3.05, 3.63) is 24.3 Å². The van der Waals surface area contributed by atoms with Gasteiger partial charge in [-0.25, -0.2) is 0 Å². The third-order valence-electron chi connectivity index (χ3n) is 5.25. The number of hydrogen-bond donors (Lipinski definition) is 1. The van der Waals surface area contributed by atoms with Gasteiger partial charge in [0.05, 0.1) is 12.1 Å². The predicted molar refractivity (Wildman–Crippen MR) is 107 cm³/mol. The maximum atomic E-state index is 12.9. The molecule has 3 nitrogen and oxygen atoms in total. The van der Waals surface area contributed by atoms with Crippen molar-refractivity contribution >= 4 is 5.78 Å². The number of likely N-dealkylation sites (N-methyl/N-ethyl adjacent to an activating group) is 1. The number of rotatable bonds is 5. The van der Waals surface area contributed by atoms with Crippen LogP contribution in [0.5, 0.6) is 0 Å². The van der Waals surface area contributed by atoms with Crippen LogP contribution in [-0.4, -0.2) is 41.5 Å². The summed E-state index contributed by atoms with van der Waals surface area (Å²) in [6.07, 6.45) is 15.9. The summed E-state index contributed by atoms with van der Waals surface area (Å²) in [5.74, 6) is 0.0665. The van der Waals surface area contributed by atoms with E-state index in [1.807, 2.05) is 24.9 Å². The monoisotopic (exact) mass is 352 g/mol. The van der Waals surface area contributed by atoms with E-state index in [1.54, 1.807) is 6.08 Å². The lowest BCUT2D eigenvalue weighted by molar-refractivity contribution is -0.129. The molecule has 1 heterocycles. The van der Waals surface area contributed by atoms with E-state index in [0.717, 1.165) is 25.8 Å². The molecule has 3 heteroatoms. The zero-order chi connectivity index (χ0) is 21.0. The molecule has 0 aromatic carbocycles. The molecule has 1 saturated heterocycles. The SMILES string of the molecule is [2H]C([2H])([2H])/C=C/C=CC[C@@H](C)C(O)[C@H]1C(=O)CCCCCCCCCCN1C. The van der Waals surface area contributed by atoms with Crippen LogP contribution >= 0.6 is 0 Å². The maximum absolute atomic E-state index is 12.9. The molecular weight excluding hydrogens is 310 g/mol. The fraction of sp³-hybridized carbons (Fsp3) is 0.773. The fourth-order valence-electron chi connectivity index (χ4n) is 3.58. The van der Waals surface area contributed by atoms with Gasteiger partial charge >= 0.3 is 0 Å². The molecule has 144 valence electrons. The van der Waals surface area contributed by atoms with Gasteiger partial charge in [0.25, 0.3) is 0 Å². The molecule has 3 atom stereocenters. The molecule has 1 aliphatic rings. The maximum Gasteiger partial charge on any atom is 0.152 e. The molecule has 1 fully saturated rings. The van der Waals surface area contributed by atoms with Crippen LogP contribution in [0, 0.1) is 5.92 Å². The highest BCUT2D eigenvalue weighted by Crippen LogP contribution is 2.21. The van der Waals surface area contributed by atoms with Crippen LogP contribution in [0.2, 0.25) is 0 Å². The summed E-state index contributed by atoms with van der Waals surface area (Å²) in [5, 5.41) is 10.9. The summed E-state index contributed by atoms with van der Waals surface area (Å²) >= 11 is 0. The topological polar surface area (TPSA) is 40.5 Å². The van der Waals surface area contributed by atoms with E-state index >= 15 is 0 Å². The Labute approximate surface area is 159 Å². The molecule has 1 rings (SSSR count). The first kappa shape index (κ1) is 17.5. The number of allylic oxidation sites excluding steroid dienone is 4. The van der Waals surface area contributed by atoms with E-state index in [1.165, 1.54) is 44.3 Å². The summed E-state index contributed by atoms with van der Waals surface area (Å²) < 4.78 is 21.4. The second kappa shape index (κ2) is 13.3. The second-order valence-corrected chi connectivity index (χ2v) is 7.46. The first-order valence-corrected chi connectivity index (χ1v) is 9.98. The number of aliphatic hydroxyl groups is 1. The van der Waals surface area contributed by atoms with Crippen LogP contribution in [0.3, 0.4) is 0 Å². The van der Waals surface area contributed by atoms with Crippen LogP contribution < -0.4 is 0 Å². The summed E-state index contributed by atoms with van der Waals surface area (Å²) in [6.45, 7) is 0.708. The van der Waals surface area contributed by atoms with Gasteiger partial charge in [0.1, 0.15) is 0 Å². The molecule has 0 amide bonds. The minimum atomic E-state index is -2.07. The number of ketones is 1. The zero-order valence-corrected chi connectivity index (χ0v) is 16.1. The van der Waals surface area contributed by atoms with Gasteiger partial charge < -0.3 is 5.11 Å². The summed E-state index contributed by atoms with van der Waals surface area (Å²) in [4.78, 5) is 14.9. The number of carbonyl (C=O) groups is 1. The number of hydrogen-bond acceptors (Lipinski definition) is 3. The lowest BCUT2D eigenvalue weighted by Crippen LogP contribution is -2.49. The molecule has 0 radical (unpaired) electrons. The van der Waals surface area contributed by atoms with Crippen molar-refractivity contribution in [1.29, 1.82) is 0 Å². The van der Waals surface area contributed by atoms with Gasteiger partial charge in [-0.1, -0.05) is 69.8 Å². The van der Waals surface area contributed by atoms with E-state index in [2.05, 4.69) is 0 Å². The van der Waals surface area contributed by atoms with Gasteiger partial charge in [-0.3, -0.25) is 9.69 Å². The Morgan fingerprint density at radius 2 is 1.80 bits per heavy atom. The summed E-state index contributed by atoms with van der Waals surface area (Å²) in [5.41, 5.74) is 0. The van der Waals surface area contributed by atoms with E-state index in [9.17, 15) is 9.90 Å². The largest absolute Gasteiger partial charge is 0.391 e. The van der Waals surface area contributed by atoms with Crippen molar-refractivity contribution in [2.75, 3.05) is 13.6 Å². The van der Waals surface area contributed by atoms with Gasteiger partial charge in [-0.05, 0) is 45.6 Å². The first-order valence-electron chi connectivity index (χ1n) is 11.5. The third-order valence-corrected chi connectivity index (χ3v) is 5.25. The van der Waals surface area contributed by atoms with Gasteiger partial charge in [0.2, 0.25) is 0 Å². The van der Waals surface area contributed by atoms with E-state index in [-0.39, 0.29) is 11.7 Å². The van der Waals surface area contributed by atoms with Crippen molar-refractivity contribution in [1.82, 2.24) is 4.90 Å². The number of Topliss-reactive ketones (excluding diaryl/α,β-unsaturated/α-hetero) is 1. The highest BCUT2D eigenvalue weighted by atomic mass is 16.3. The number of aliphatic hydroxyl groups excluding tert-OH is 1. The van der Waals surface area contributed by atoms with Gasteiger partial charge in [0.15, 0.2) is 5.78 Å². The van der Waals surface area contributed by atoms with E-state index in [0.29, 0.717) is 12.8 Å². The summed E-state index contributed by atoms with van der Waals surface area (Å²) in [6, 6.07) is -0.456. The smallest absolute Gasteiger partial charge is 0.152 e. The zero-order valence-electron chi connectivity index (χ0n) is 19.1. The molecule has 0 aromatic heterocycles. The number of carbonyl (C=O) groups excluding carboxylic acids is 1. The van der Waals surface area contributed by atoms with Crippen LogP contribution in [0.4, 0.5) is 0 Å². The van der Waals surface area contributed by atoms with Gasteiger partial charge in [-0.15, -0.1) is 0 Å². The molecule has 1 aliphatic heterocycles. The van der Waals surface area contributed by atoms with Crippen LogP contribution in [0.15, 0.2) is 24.3 Å². The lowest BCUT2D eigenvalue weighted by Gasteiger charge is -2.33. The molecule has 25 heavy (non-hydrogen) atoms. The predicted octanol–water partition coefficient (Wildman–Crippen LogP) is 4.90. The minimum Gasteiger partial charge on any atom is -0.391 e. The first-order chi connectivity index (χ1) is 13.2. The molecule has 0 bridgehead atoms. The molecule has 0 spiro atoms. The molecule has 0 aromatic rings. The van der Waals surface area contributed by atoms with Crippen LogP contribution in [-0.2, 0) is 4.79 Å².